The van der Waals surface area contributed by atoms with Crippen LogP contribution in [0, 0.1) is 0 Å². The molecule has 2 N–H and O–H groups in total. The lowest BCUT2D eigenvalue weighted by molar-refractivity contribution is 0.0423. The normalized spacial score (nSPS) is 17.4. The predicted octanol–water partition coefficient (Wildman–Crippen LogP) is 2.61. The first-order valence-corrected chi connectivity index (χ1v) is 12.4. The van der Waals surface area contributed by atoms with Gasteiger partial charge >= 0.3 is 0 Å². The van der Waals surface area contributed by atoms with Crippen molar-refractivity contribution >= 4 is 45.1 Å². The molecule has 1 aromatic carbocycles. The van der Waals surface area contributed by atoms with Gasteiger partial charge in [0.25, 0.3) is 0 Å². The quantitative estimate of drug-likeness (QED) is 0.646. The Morgan fingerprint density at radius 3 is 2.37 bits per heavy atom. The van der Waals surface area contributed by atoms with E-state index in [1.54, 1.807) is 20.3 Å². The van der Waals surface area contributed by atoms with Gasteiger partial charge in [-0.25, -0.2) is 13.6 Å². The van der Waals surface area contributed by atoms with E-state index in [2.05, 4.69) is 9.21 Å². The molecule has 0 radical (unpaired) electrons. The van der Waals surface area contributed by atoms with Gasteiger partial charge in [-0.05, 0) is 12.1 Å². The van der Waals surface area contributed by atoms with Crippen molar-refractivity contribution in [2.75, 3.05) is 51.4 Å². The van der Waals surface area contributed by atoms with Crippen LogP contribution >= 0.6 is 23.3 Å². The van der Waals surface area contributed by atoms with Crippen LogP contribution in [0.5, 0.6) is 11.5 Å². The molecule has 2 aliphatic heterocycles. The Balaban J connectivity index is 1.75. The topological polar surface area (TPSA) is 94.3 Å². The first-order chi connectivity index (χ1) is 14.4. The Morgan fingerprint density at radius 1 is 1.10 bits per heavy atom. The van der Waals surface area contributed by atoms with E-state index in [0.29, 0.717) is 31.3 Å². The third-order valence-electron chi connectivity index (χ3n) is 4.80. The lowest BCUT2D eigenvalue weighted by atomic mass is 10.2. The summed E-state index contributed by atoms with van der Waals surface area (Å²) in [5.41, 5.74) is 2.78. The number of nitrogens with zero attached hydrogens (tertiary/aromatic N) is 2. The fourth-order valence-corrected chi connectivity index (χ4v) is 6.52. The number of nitrogens with two attached hydrogens (primary N) is 1. The number of hydrogen-bond donors (Lipinski definition) is 1. The lowest BCUT2D eigenvalue weighted by Gasteiger charge is -2.34. The minimum atomic E-state index is -3.75. The van der Waals surface area contributed by atoms with Gasteiger partial charge in [-0.1, -0.05) is 0 Å². The first-order valence-electron chi connectivity index (χ1n) is 9.26. The smallest absolute Gasteiger partial charge is 0.247 e. The molecule has 3 heterocycles. The van der Waals surface area contributed by atoms with Gasteiger partial charge in [0.2, 0.25) is 10.0 Å². The van der Waals surface area contributed by atoms with Gasteiger partial charge in [0, 0.05) is 61.0 Å². The number of thiophene rings is 1. The highest BCUT2D eigenvalue weighted by Crippen LogP contribution is 2.46. The summed E-state index contributed by atoms with van der Waals surface area (Å²) in [6.45, 7) is 3.79. The van der Waals surface area contributed by atoms with E-state index in [0.717, 1.165) is 34.2 Å². The van der Waals surface area contributed by atoms with Crippen LogP contribution in [-0.2, 0) is 14.8 Å². The number of ether oxygens (including phenoxy) is 3. The van der Waals surface area contributed by atoms with Crippen molar-refractivity contribution in [3.63, 3.8) is 0 Å². The van der Waals surface area contributed by atoms with Crippen molar-refractivity contribution in [2.24, 2.45) is 5.14 Å². The van der Waals surface area contributed by atoms with E-state index in [4.69, 9.17) is 19.3 Å². The molecule has 0 aliphatic carbocycles. The van der Waals surface area contributed by atoms with Crippen LogP contribution in [0.1, 0.15) is 5.56 Å². The third kappa shape index (κ3) is 4.61. The van der Waals surface area contributed by atoms with Crippen molar-refractivity contribution in [2.45, 2.75) is 8.42 Å². The van der Waals surface area contributed by atoms with Crippen molar-refractivity contribution in [1.29, 1.82) is 0 Å². The molecule has 2 aliphatic rings. The van der Waals surface area contributed by atoms with E-state index in [9.17, 15) is 8.42 Å². The average Bonchev–Trinajstić information content (AvgIpc) is 3.17. The molecule has 0 spiro atoms. The zero-order valence-electron chi connectivity index (χ0n) is 16.7. The largest absolute Gasteiger partial charge is 0.497 e. The molecular weight excluding hydrogens is 446 g/mol. The van der Waals surface area contributed by atoms with E-state index in [1.165, 1.54) is 23.3 Å². The monoisotopic (exact) mass is 469 g/mol. The molecule has 0 amide bonds. The Hall–Kier alpha value is -1.76. The van der Waals surface area contributed by atoms with Crippen LogP contribution in [-0.4, -0.2) is 60.4 Å². The number of anilines is 1. The summed E-state index contributed by atoms with van der Waals surface area (Å²) in [5.74, 6) is 1.36. The second kappa shape index (κ2) is 8.77. The number of morpholine rings is 1. The Morgan fingerprint density at radius 2 is 1.77 bits per heavy atom. The van der Waals surface area contributed by atoms with Crippen LogP contribution < -0.4 is 18.9 Å². The summed E-state index contributed by atoms with van der Waals surface area (Å²) in [6.07, 6.45) is 2.03. The summed E-state index contributed by atoms with van der Waals surface area (Å²) < 4.78 is 43.2. The SMILES string of the molecule is COc1cc(OC)cc(N2Sc3sc(S(N)(=O)=O)cc3C=C2CN2CCOCC2)c1. The van der Waals surface area contributed by atoms with Gasteiger partial charge in [0.15, 0.2) is 0 Å². The van der Waals surface area contributed by atoms with E-state index < -0.39 is 10.0 Å². The van der Waals surface area contributed by atoms with Crippen molar-refractivity contribution in [1.82, 2.24) is 4.90 Å². The average molecular weight is 470 g/mol. The molecule has 30 heavy (non-hydrogen) atoms. The fraction of sp³-hybridized carbons (Fsp3) is 0.368. The first kappa shape index (κ1) is 21.5. The van der Waals surface area contributed by atoms with Crippen LogP contribution in [0.3, 0.4) is 0 Å². The number of rotatable bonds is 6. The van der Waals surface area contributed by atoms with Gasteiger partial charge < -0.3 is 14.2 Å². The van der Waals surface area contributed by atoms with Crippen molar-refractivity contribution in [3.05, 3.63) is 35.5 Å². The van der Waals surface area contributed by atoms with Gasteiger partial charge in [0.1, 0.15) is 15.7 Å². The molecule has 11 heteroatoms. The lowest BCUT2D eigenvalue weighted by Crippen LogP contribution is -2.39. The molecule has 8 nitrogen and oxygen atoms in total. The summed E-state index contributed by atoms with van der Waals surface area (Å²) in [5, 5.41) is 5.36. The number of sulfonamides is 1. The van der Waals surface area contributed by atoms with Gasteiger partial charge in [-0.2, -0.15) is 0 Å². The highest BCUT2D eigenvalue weighted by atomic mass is 32.3. The summed E-state index contributed by atoms with van der Waals surface area (Å²) in [4.78, 5) is 2.32. The molecule has 0 atom stereocenters. The van der Waals surface area contributed by atoms with E-state index in [-0.39, 0.29) is 4.21 Å². The maximum atomic E-state index is 11.9. The van der Waals surface area contributed by atoms with E-state index >= 15 is 0 Å². The zero-order valence-corrected chi connectivity index (χ0v) is 19.1. The van der Waals surface area contributed by atoms with Gasteiger partial charge in [-0.3, -0.25) is 9.21 Å². The molecule has 1 saturated heterocycles. The third-order valence-corrected chi connectivity index (χ3v) is 8.67. The highest BCUT2D eigenvalue weighted by molar-refractivity contribution is 8.03. The zero-order chi connectivity index (χ0) is 21.3. The van der Waals surface area contributed by atoms with Crippen molar-refractivity contribution < 1.29 is 22.6 Å². The molecular formula is C19H23N3O5S3. The highest BCUT2D eigenvalue weighted by Gasteiger charge is 2.27. The molecule has 4 rings (SSSR count). The van der Waals surface area contributed by atoms with Crippen LogP contribution in [0.2, 0.25) is 0 Å². The van der Waals surface area contributed by atoms with Crippen LogP contribution in [0.15, 0.2) is 38.4 Å². The molecule has 162 valence electrons. The molecule has 0 bridgehead atoms. The van der Waals surface area contributed by atoms with Crippen LogP contribution in [0.25, 0.3) is 6.08 Å². The van der Waals surface area contributed by atoms with Crippen molar-refractivity contribution in [3.8, 4) is 11.5 Å². The Labute approximate surface area is 184 Å². The molecule has 2 aromatic rings. The fourth-order valence-electron chi connectivity index (χ4n) is 3.28. The maximum Gasteiger partial charge on any atom is 0.247 e. The number of benzene rings is 1. The molecule has 0 saturated carbocycles. The maximum absolute atomic E-state index is 11.9. The van der Waals surface area contributed by atoms with Crippen LogP contribution in [0.4, 0.5) is 5.69 Å². The minimum absolute atomic E-state index is 0.159. The standard InChI is InChI=1S/C19H23N3O5S3/c1-25-16-9-14(10-17(11-16)26-2)22-15(12-21-3-5-27-6-4-21)7-13-8-18(30(20,23)24)28-19(13)29-22/h7-11H,3-6,12H2,1-2H3,(H2,20,23,24). The number of hydrogen-bond acceptors (Lipinski definition) is 9. The molecule has 1 fully saturated rings. The second-order valence-corrected chi connectivity index (χ2v) is 10.9. The Kier molecular flexibility index (Phi) is 6.28. The molecule has 0 unspecified atom stereocenters. The predicted molar refractivity (Wildman–Crippen MR) is 119 cm³/mol. The number of primary sulfonamides is 1. The minimum Gasteiger partial charge on any atom is -0.497 e. The summed E-state index contributed by atoms with van der Waals surface area (Å²) >= 11 is 2.65. The Bertz CT molecular complexity index is 1040. The number of methoxy groups -OCH3 is 2. The van der Waals surface area contributed by atoms with Gasteiger partial charge in [-0.15, -0.1) is 11.3 Å². The summed E-state index contributed by atoms with van der Waals surface area (Å²) in [6, 6.07) is 7.33. The second-order valence-electron chi connectivity index (χ2n) is 6.83. The molecule has 1 aromatic heterocycles. The number of fused-ring (bicyclic) bond motifs is 1. The summed E-state index contributed by atoms with van der Waals surface area (Å²) in [7, 11) is -0.528. The van der Waals surface area contributed by atoms with E-state index in [1.807, 2.05) is 24.3 Å². The van der Waals surface area contributed by atoms with Gasteiger partial charge in [0.05, 0.1) is 37.3 Å².